The molecule has 0 spiro atoms. The number of benzene rings is 1. The van der Waals surface area contributed by atoms with Gasteiger partial charge < -0.3 is 11.5 Å². The van der Waals surface area contributed by atoms with Crippen LogP contribution in [0.25, 0.3) is 0 Å². The van der Waals surface area contributed by atoms with Crippen molar-refractivity contribution in [2.24, 2.45) is 10.2 Å². The maximum atomic E-state index is 5.64. The molecule has 19 heavy (non-hydrogen) atoms. The van der Waals surface area contributed by atoms with E-state index in [4.69, 9.17) is 11.5 Å². The van der Waals surface area contributed by atoms with E-state index in [9.17, 15) is 0 Å². The second-order valence-corrected chi connectivity index (χ2v) is 3.18. The number of nitrogens with zero attached hydrogens (tertiary/aromatic N) is 3. The highest BCUT2D eigenvalue weighted by molar-refractivity contribution is 6.15. The minimum atomic E-state index is 0. The standard InChI is InChI=1S/C11H11N5.CH3Cl.ClH/c12-10-7-6-9(11(13)14-10)16-15-8-4-2-1-3-5-8;1-2;/h1-7H,(H4,12,13,14);1H3;1H. The Kier molecular flexibility index (Phi) is 8.24. The molecule has 0 aliphatic rings. The van der Waals surface area contributed by atoms with Crippen LogP contribution in [0.2, 0.25) is 0 Å². The van der Waals surface area contributed by atoms with Crippen LogP contribution >= 0.6 is 24.0 Å². The molecule has 102 valence electrons. The van der Waals surface area contributed by atoms with Gasteiger partial charge in [0.2, 0.25) is 0 Å². The van der Waals surface area contributed by atoms with Gasteiger partial charge in [-0.15, -0.1) is 29.1 Å². The van der Waals surface area contributed by atoms with Crippen LogP contribution in [-0.4, -0.2) is 11.4 Å². The molecule has 7 heteroatoms. The van der Waals surface area contributed by atoms with E-state index in [0.29, 0.717) is 11.5 Å². The first kappa shape index (κ1) is 17.2. The summed E-state index contributed by atoms with van der Waals surface area (Å²) in [7, 11) is 0. The van der Waals surface area contributed by atoms with Gasteiger partial charge in [-0.05, 0) is 24.3 Å². The molecule has 2 rings (SSSR count). The number of hydrogen-bond acceptors (Lipinski definition) is 5. The molecule has 0 radical (unpaired) electrons. The fourth-order valence-corrected chi connectivity index (χ4v) is 1.17. The number of nitrogen functional groups attached to an aromatic ring is 2. The highest BCUT2D eigenvalue weighted by atomic mass is 35.5. The summed E-state index contributed by atoms with van der Waals surface area (Å²) in [5, 5.41) is 8.03. The van der Waals surface area contributed by atoms with E-state index in [1.807, 2.05) is 30.3 Å². The van der Waals surface area contributed by atoms with Gasteiger partial charge in [0, 0.05) is 6.38 Å². The number of pyridine rings is 1. The van der Waals surface area contributed by atoms with E-state index >= 15 is 0 Å². The lowest BCUT2D eigenvalue weighted by atomic mass is 10.3. The van der Waals surface area contributed by atoms with Crippen molar-refractivity contribution >= 4 is 47.0 Å². The molecular formula is C12H15Cl2N5. The normalized spacial score (nSPS) is 9.37. The molecule has 1 aromatic carbocycles. The Hall–Kier alpha value is -1.85. The first-order valence-electron chi connectivity index (χ1n) is 5.12. The zero-order valence-corrected chi connectivity index (χ0v) is 11.9. The molecule has 0 saturated carbocycles. The number of rotatable bonds is 2. The van der Waals surface area contributed by atoms with Crippen molar-refractivity contribution in [2.75, 3.05) is 17.9 Å². The summed E-state index contributed by atoms with van der Waals surface area (Å²) >= 11 is 4.64. The van der Waals surface area contributed by atoms with Gasteiger partial charge >= 0.3 is 0 Å². The van der Waals surface area contributed by atoms with Gasteiger partial charge in [-0.3, -0.25) is 0 Å². The maximum Gasteiger partial charge on any atom is 0.153 e. The van der Waals surface area contributed by atoms with Crippen LogP contribution in [0, 0.1) is 0 Å². The number of azo groups is 1. The van der Waals surface area contributed by atoms with E-state index in [2.05, 4.69) is 26.8 Å². The van der Waals surface area contributed by atoms with Crippen LogP contribution < -0.4 is 11.5 Å². The third kappa shape index (κ3) is 5.54. The van der Waals surface area contributed by atoms with Gasteiger partial charge in [-0.25, -0.2) is 4.98 Å². The molecule has 0 unspecified atom stereocenters. The number of anilines is 2. The number of hydrogen-bond donors (Lipinski definition) is 2. The smallest absolute Gasteiger partial charge is 0.153 e. The molecule has 2 aromatic rings. The summed E-state index contributed by atoms with van der Waals surface area (Å²) in [4.78, 5) is 3.89. The van der Waals surface area contributed by atoms with E-state index in [1.54, 1.807) is 12.1 Å². The van der Waals surface area contributed by atoms with Crippen molar-refractivity contribution in [2.45, 2.75) is 0 Å². The second kappa shape index (κ2) is 9.13. The summed E-state index contributed by atoms with van der Waals surface area (Å²) in [6, 6.07) is 12.7. The van der Waals surface area contributed by atoms with Crippen LogP contribution in [0.4, 0.5) is 23.0 Å². The van der Waals surface area contributed by atoms with Crippen molar-refractivity contribution < 1.29 is 0 Å². The van der Waals surface area contributed by atoms with Gasteiger partial charge in [0.1, 0.15) is 11.5 Å². The minimum Gasteiger partial charge on any atom is -0.384 e. The Morgan fingerprint density at radius 1 is 0.947 bits per heavy atom. The molecule has 0 atom stereocenters. The highest BCUT2D eigenvalue weighted by Crippen LogP contribution is 2.23. The molecule has 1 aromatic heterocycles. The van der Waals surface area contributed by atoms with Crippen molar-refractivity contribution in [1.29, 1.82) is 0 Å². The Bertz CT molecular complexity index is 517. The molecule has 4 N–H and O–H groups in total. The monoisotopic (exact) mass is 299 g/mol. The topological polar surface area (TPSA) is 89.6 Å². The average molecular weight is 300 g/mol. The van der Waals surface area contributed by atoms with Gasteiger partial charge in [0.15, 0.2) is 5.82 Å². The van der Waals surface area contributed by atoms with Crippen LogP contribution in [0.1, 0.15) is 0 Å². The van der Waals surface area contributed by atoms with Gasteiger partial charge in [-0.1, -0.05) is 18.2 Å². The predicted molar refractivity (Wildman–Crippen MR) is 82.7 cm³/mol. The first-order chi connectivity index (χ1) is 8.75. The molecule has 5 nitrogen and oxygen atoms in total. The van der Waals surface area contributed by atoms with E-state index in [0.717, 1.165) is 5.69 Å². The van der Waals surface area contributed by atoms with E-state index in [1.165, 1.54) is 6.38 Å². The Morgan fingerprint density at radius 2 is 1.58 bits per heavy atom. The van der Waals surface area contributed by atoms with E-state index in [-0.39, 0.29) is 18.2 Å². The SMILES string of the molecule is CCl.Cl.Nc1ccc(N=Nc2ccccc2)c(N)n1. The Balaban J connectivity index is 0.00000103. The molecule has 0 aliphatic carbocycles. The number of alkyl halides is 1. The molecule has 1 heterocycles. The fraction of sp³-hybridized carbons (Fsp3) is 0.0833. The summed E-state index contributed by atoms with van der Waals surface area (Å²) in [6.45, 7) is 0. The van der Waals surface area contributed by atoms with E-state index < -0.39 is 0 Å². The van der Waals surface area contributed by atoms with Gasteiger partial charge in [-0.2, -0.15) is 5.11 Å². The third-order valence-corrected chi connectivity index (χ3v) is 1.95. The van der Waals surface area contributed by atoms with Crippen LogP contribution in [0.5, 0.6) is 0 Å². The van der Waals surface area contributed by atoms with Crippen LogP contribution in [-0.2, 0) is 0 Å². The van der Waals surface area contributed by atoms with Gasteiger partial charge in [0.05, 0.1) is 5.69 Å². The lowest BCUT2D eigenvalue weighted by Crippen LogP contribution is -1.95. The summed E-state index contributed by atoms with van der Waals surface area (Å²) in [5.41, 5.74) is 12.4. The Labute approximate surface area is 123 Å². The number of halogens is 2. The maximum absolute atomic E-state index is 5.64. The molecule has 0 bridgehead atoms. The number of aromatic nitrogens is 1. The van der Waals surface area contributed by atoms with Gasteiger partial charge in [0.25, 0.3) is 0 Å². The highest BCUT2D eigenvalue weighted by Gasteiger charge is 1.98. The predicted octanol–water partition coefficient (Wildman–Crippen LogP) is 3.94. The first-order valence-corrected chi connectivity index (χ1v) is 5.88. The van der Waals surface area contributed by atoms with Crippen molar-refractivity contribution in [3.05, 3.63) is 42.5 Å². The molecule has 0 saturated heterocycles. The quantitative estimate of drug-likeness (QED) is 0.650. The molecular weight excluding hydrogens is 285 g/mol. The lowest BCUT2D eigenvalue weighted by Gasteiger charge is -1.98. The third-order valence-electron chi connectivity index (χ3n) is 1.95. The van der Waals surface area contributed by atoms with Crippen molar-refractivity contribution in [3.8, 4) is 0 Å². The van der Waals surface area contributed by atoms with Crippen molar-refractivity contribution in [1.82, 2.24) is 4.98 Å². The summed E-state index contributed by atoms with van der Waals surface area (Å²) < 4.78 is 0. The zero-order chi connectivity index (χ0) is 13.4. The largest absolute Gasteiger partial charge is 0.384 e. The van der Waals surface area contributed by atoms with Crippen LogP contribution in [0.15, 0.2) is 52.7 Å². The lowest BCUT2D eigenvalue weighted by molar-refractivity contribution is 1.21. The summed E-state index contributed by atoms with van der Waals surface area (Å²) in [5.74, 6) is 0.649. The average Bonchev–Trinajstić information content (AvgIpc) is 2.41. The summed E-state index contributed by atoms with van der Waals surface area (Å²) in [6.07, 6.45) is 1.47. The fourth-order valence-electron chi connectivity index (χ4n) is 1.17. The van der Waals surface area contributed by atoms with Crippen LogP contribution in [0.3, 0.4) is 0 Å². The molecule has 0 amide bonds. The minimum absolute atomic E-state index is 0. The Morgan fingerprint density at radius 3 is 2.16 bits per heavy atom. The molecule has 0 fully saturated rings. The zero-order valence-electron chi connectivity index (χ0n) is 10.3. The van der Waals surface area contributed by atoms with Crippen molar-refractivity contribution in [3.63, 3.8) is 0 Å². The molecule has 0 aliphatic heterocycles. The second-order valence-electron chi connectivity index (χ2n) is 3.18. The number of nitrogens with two attached hydrogens (primary N) is 2.